The summed E-state index contributed by atoms with van der Waals surface area (Å²) in [6.07, 6.45) is 6.94. The summed E-state index contributed by atoms with van der Waals surface area (Å²) in [4.78, 5) is 24.0. The first kappa shape index (κ1) is 23.7. The molecule has 8 nitrogen and oxygen atoms in total. The molecule has 1 aromatic carbocycles. The Morgan fingerprint density at radius 3 is 2.61 bits per heavy atom. The fourth-order valence-corrected chi connectivity index (χ4v) is 9.43. The molecule has 4 aromatic rings. The zero-order valence-electron chi connectivity index (χ0n) is 19.8. The Morgan fingerprint density at radius 1 is 1.00 bits per heavy atom. The van der Waals surface area contributed by atoms with E-state index in [0.717, 1.165) is 26.1 Å². The predicted octanol–water partition coefficient (Wildman–Crippen LogP) is 3.01. The van der Waals surface area contributed by atoms with Gasteiger partial charge in [0, 0.05) is 13.1 Å². The van der Waals surface area contributed by atoms with Gasteiger partial charge in [0.05, 0.1) is 13.2 Å². The van der Waals surface area contributed by atoms with Gasteiger partial charge in [0.1, 0.15) is 0 Å². The van der Waals surface area contributed by atoms with E-state index in [9.17, 15) is 4.79 Å². The monoisotopic (exact) mass is 606 g/mol. The first-order valence-corrected chi connectivity index (χ1v) is 16.0. The summed E-state index contributed by atoms with van der Waals surface area (Å²) < 4.78 is 7.65. The van der Waals surface area contributed by atoms with Crippen LogP contribution in [0.5, 0.6) is 0 Å². The molecule has 1 N–H and O–H groups in total. The quantitative estimate of drug-likeness (QED) is 0.338. The van der Waals surface area contributed by atoms with Crippen molar-refractivity contribution in [1.29, 1.82) is 0 Å². The van der Waals surface area contributed by atoms with Gasteiger partial charge in [-0.3, -0.25) is 0 Å². The van der Waals surface area contributed by atoms with Crippen LogP contribution in [0.25, 0.3) is 11.0 Å². The van der Waals surface area contributed by atoms with E-state index in [2.05, 4.69) is 26.6 Å². The number of carbonyl (C=O) groups excluding carboxylic acids is 1. The molecular formula is C26H26N6O2SSn. The number of carbonyl (C=O) groups is 1. The summed E-state index contributed by atoms with van der Waals surface area (Å²) in [6, 6.07) is 13.7. The summed E-state index contributed by atoms with van der Waals surface area (Å²) >= 11 is 0.697. The first-order chi connectivity index (χ1) is 17.7. The number of pyridine rings is 2. The van der Waals surface area contributed by atoms with Crippen molar-refractivity contribution in [3.05, 3.63) is 59.2 Å². The molecule has 1 aliphatic heterocycles. The standard InChI is InChI=1S/C19H17N4O2.C7H9N2S.Sn/c24-19(23-8-10-25-11-9-23)14-3-5-15(6-4-14)22-16-12-18-17(21-13-16)2-1-7-20-18;1-2-4-6(3-1)7-9-8-5-10-7;/h1-6,12-13,22H,8-11H2;6H,1-4H2;. The van der Waals surface area contributed by atoms with Crippen LogP contribution in [-0.4, -0.2) is 78.4 Å². The number of anilines is 2. The van der Waals surface area contributed by atoms with Crippen LogP contribution in [0.3, 0.4) is 0 Å². The van der Waals surface area contributed by atoms with E-state index in [1.165, 1.54) is 33.7 Å². The van der Waals surface area contributed by atoms with Gasteiger partial charge in [-0.25, -0.2) is 0 Å². The average molecular weight is 605 g/mol. The maximum absolute atomic E-state index is 12.7. The van der Waals surface area contributed by atoms with E-state index < -0.39 is 21.1 Å². The Bertz CT molecular complexity index is 1370. The summed E-state index contributed by atoms with van der Waals surface area (Å²) in [5.41, 5.74) is 4.20. The van der Waals surface area contributed by atoms with Crippen LogP contribution in [0.1, 0.15) is 47.0 Å². The third-order valence-electron chi connectivity index (χ3n) is 6.64. The number of amides is 1. The van der Waals surface area contributed by atoms with Crippen molar-refractivity contribution >= 4 is 67.5 Å². The topological polar surface area (TPSA) is 93.1 Å². The predicted molar refractivity (Wildman–Crippen MR) is 142 cm³/mol. The maximum atomic E-state index is 12.7. The molecule has 0 bridgehead atoms. The minimum absolute atomic E-state index is 0.0462. The molecule has 0 unspecified atom stereocenters. The van der Waals surface area contributed by atoms with Crippen molar-refractivity contribution in [3.8, 4) is 0 Å². The number of benzene rings is 1. The molecule has 1 aliphatic carbocycles. The summed E-state index contributed by atoms with van der Waals surface area (Å²) in [6.45, 7) is 2.48. The van der Waals surface area contributed by atoms with Gasteiger partial charge < -0.3 is 4.74 Å². The van der Waals surface area contributed by atoms with Crippen LogP contribution in [0.2, 0.25) is 0 Å². The molecule has 2 aliphatic rings. The van der Waals surface area contributed by atoms with Gasteiger partial charge in [0.2, 0.25) is 0 Å². The van der Waals surface area contributed by atoms with Gasteiger partial charge in [-0.05, 0) is 0 Å². The molecule has 0 atom stereocenters. The summed E-state index contributed by atoms with van der Waals surface area (Å²) in [5, 5.41) is 13.6. The van der Waals surface area contributed by atoms with E-state index in [4.69, 9.17) is 9.72 Å². The first-order valence-electron chi connectivity index (χ1n) is 12.3. The number of hydrogen-bond donors (Lipinski definition) is 1. The Hall–Kier alpha value is -2.63. The zero-order valence-corrected chi connectivity index (χ0v) is 23.5. The van der Waals surface area contributed by atoms with Gasteiger partial charge >= 0.3 is 194 Å². The van der Waals surface area contributed by atoms with Gasteiger partial charge in [0.15, 0.2) is 0 Å². The second-order valence-corrected chi connectivity index (χ2v) is 14.7. The van der Waals surface area contributed by atoms with Crippen LogP contribution in [0.4, 0.5) is 11.4 Å². The minimum Gasteiger partial charge on any atom is -0.378 e. The molecule has 1 saturated heterocycles. The molecule has 3 aromatic heterocycles. The van der Waals surface area contributed by atoms with E-state index in [1.807, 2.05) is 47.5 Å². The number of nitrogens with one attached hydrogen (secondary N) is 1. The van der Waals surface area contributed by atoms with Gasteiger partial charge in [-0.2, -0.15) is 0 Å². The zero-order chi connectivity index (χ0) is 24.3. The molecule has 10 heteroatoms. The van der Waals surface area contributed by atoms with Crippen LogP contribution in [0, 0.1) is 0 Å². The number of hydrogen-bond acceptors (Lipinski definition) is 8. The second kappa shape index (κ2) is 10.8. The summed E-state index contributed by atoms with van der Waals surface area (Å²) in [7, 11) is 0. The van der Waals surface area contributed by atoms with Gasteiger partial charge in [-0.1, -0.05) is 0 Å². The molecule has 2 radical (unpaired) electrons. The van der Waals surface area contributed by atoms with Crippen molar-refractivity contribution in [1.82, 2.24) is 25.1 Å². The number of morpholine rings is 1. The number of aromatic nitrogens is 4. The number of rotatable bonds is 6. The second-order valence-electron chi connectivity index (χ2n) is 9.12. The average Bonchev–Trinajstić information content (AvgIpc) is 3.62. The minimum atomic E-state index is -1.10. The molecule has 4 heterocycles. The smallest absolute Gasteiger partial charge is 0.378 e. The summed E-state index contributed by atoms with van der Waals surface area (Å²) in [5.74, 6) is 0.662. The molecule has 1 saturated carbocycles. The SMILES string of the molecule is O=C(c1ccc(Nc2cnc3cc[c]([Sn][c]4nnc(C5CCCC5)s4)nc3c2)cc1)N1CCOCC1. The molecule has 2 fully saturated rings. The van der Waals surface area contributed by atoms with Gasteiger partial charge in [0.25, 0.3) is 0 Å². The molecule has 182 valence electrons. The molecule has 1 amide bonds. The van der Waals surface area contributed by atoms with Gasteiger partial charge in [-0.15, -0.1) is 0 Å². The van der Waals surface area contributed by atoms with Crippen molar-refractivity contribution in [2.24, 2.45) is 0 Å². The molecule has 6 rings (SSSR count). The Labute approximate surface area is 223 Å². The van der Waals surface area contributed by atoms with E-state index in [0.29, 0.717) is 37.8 Å². The van der Waals surface area contributed by atoms with E-state index in [1.54, 1.807) is 11.3 Å². The van der Waals surface area contributed by atoms with Crippen molar-refractivity contribution in [3.63, 3.8) is 0 Å². The van der Waals surface area contributed by atoms with E-state index in [-0.39, 0.29) is 5.91 Å². The molecule has 36 heavy (non-hydrogen) atoms. The number of nitrogens with zero attached hydrogens (tertiary/aromatic N) is 5. The third kappa shape index (κ3) is 5.37. The van der Waals surface area contributed by atoms with Crippen molar-refractivity contribution in [2.45, 2.75) is 31.6 Å². The van der Waals surface area contributed by atoms with Crippen LogP contribution >= 0.6 is 11.3 Å². The van der Waals surface area contributed by atoms with Crippen LogP contribution < -0.4 is 12.1 Å². The molecular weight excluding hydrogens is 579 g/mol. The third-order valence-corrected chi connectivity index (χ3v) is 11.5. The Morgan fingerprint density at radius 2 is 1.81 bits per heavy atom. The fourth-order valence-electron chi connectivity index (χ4n) is 4.69. The fraction of sp³-hybridized carbons (Fsp3) is 0.346. The number of fused-ring (bicyclic) bond motifs is 1. The molecule has 0 spiro atoms. The Balaban J connectivity index is 1.14. The normalized spacial score (nSPS) is 16.5. The number of ether oxygens (including phenoxy) is 1. The van der Waals surface area contributed by atoms with Crippen molar-refractivity contribution < 1.29 is 9.53 Å². The van der Waals surface area contributed by atoms with Crippen LogP contribution in [0.15, 0.2) is 48.7 Å². The van der Waals surface area contributed by atoms with Crippen LogP contribution in [-0.2, 0) is 4.74 Å². The van der Waals surface area contributed by atoms with Crippen molar-refractivity contribution in [2.75, 3.05) is 31.6 Å². The Kier molecular flexibility index (Phi) is 7.11. The van der Waals surface area contributed by atoms with E-state index >= 15 is 0 Å².